The molecule has 1 heterocycles. The summed E-state index contributed by atoms with van der Waals surface area (Å²) in [6.45, 7) is 36.5. The minimum atomic E-state index is -0.845. The second kappa shape index (κ2) is 27.0. The summed E-state index contributed by atoms with van der Waals surface area (Å²) in [5.41, 5.74) is 14.9. The molecule has 2 unspecified atom stereocenters. The lowest BCUT2D eigenvalue weighted by atomic mass is 9.79. The molecule has 0 radical (unpaired) electrons. The number of imide groups is 1. The van der Waals surface area contributed by atoms with E-state index in [1.54, 1.807) is 20.8 Å². The number of carbonyl (C=O) groups is 7. The van der Waals surface area contributed by atoms with E-state index in [1.807, 2.05) is 90.0 Å². The maximum absolute atomic E-state index is 12.5. The highest BCUT2D eigenvalue weighted by Gasteiger charge is 2.49. The molecule has 8 N–H and O–H groups in total. The monoisotopic (exact) mass is 883 g/mol. The van der Waals surface area contributed by atoms with Crippen LogP contribution in [0.15, 0.2) is 0 Å². The summed E-state index contributed by atoms with van der Waals surface area (Å²) in [7, 11) is 0. The third-order valence-electron chi connectivity index (χ3n) is 9.83. The number of nitrogens with two attached hydrogens (primary N) is 3. The summed E-state index contributed by atoms with van der Waals surface area (Å²) < 4.78 is 0. The number of nitrogens with zero attached hydrogens (tertiary/aromatic N) is 1. The highest BCUT2D eigenvalue weighted by atomic mass is 16.2. The Bertz CT molecular complexity index is 1540. The number of Topliss-reactive ketones (excluding diaryl/α,β-unsaturated/α-hetero) is 3. The van der Waals surface area contributed by atoms with E-state index >= 15 is 0 Å². The fourth-order valence-corrected chi connectivity index (χ4v) is 5.44. The van der Waals surface area contributed by atoms with Gasteiger partial charge in [-0.1, -0.05) is 132 Å². The van der Waals surface area contributed by atoms with Gasteiger partial charge in [0.1, 0.15) is 18.1 Å². The van der Waals surface area contributed by atoms with Gasteiger partial charge >= 0.3 is 12.3 Å². The zero-order chi connectivity index (χ0) is 50.6. The lowest BCUT2D eigenvalue weighted by Gasteiger charge is -2.31. The topological polar surface area (TPSA) is 293 Å². The van der Waals surface area contributed by atoms with Crippen LogP contribution in [0.3, 0.4) is 0 Å². The van der Waals surface area contributed by atoms with E-state index in [-0.39, 0.29) is 107 Å². The Kier molecular flexibility index (Phi) is 28.1. The number of nitrogens with one attached hydrogen (secondary N) is 2. The van der Waals surface area contributed by atoms with Crippen molar-refractivity contribution >= 4 is 53.3 Å². The van der Waals surface area contributed by atoms with Gasteiger partial charge in [-0.2, -0.15) is 19.2 Å². The number of carbonyl (C=O) groups excluding carboxylic acids is 11. The zero-order valence-electron chi connectivity index (χ0n) is 41.3. The van der Waals surface area contributed by atoms with Crippen LogP contribution < -0.4 is 27.8 Å². The van der Waals surface area contributed by atoms with Crippen LogP contribution in [0.1, 0.15) is 151 Å². The van der Waals surface area contributed by atoms with Crippen LogP contribution in [0, 0.1) is 44.3 Å². The SMILES string of the molecule is CC(C(=O)N[C@@H](CN)C(=O)C(C)(C)C)C(C)(C)C.CC(C)(C)C(=O)[C@H](CN)N1C(=O)CC(C(C)(C)C)C1=O.CC(C)(C)CCC(=O)N[C@@H](CN)C(=O)C(C)(C)C.O=C=O.O=C=O. The Morgan fingerprint density at radius 3 is 1.24 bits per heavy atom. The van der Waals surface area contributed by atoms with Crippen LogP contribution >= 0.6 is 0 Å². The molecule has 1 aliphatic heterocycles. The van der Waals surface area contributed by atoms with Crippen molar-refractivity contribution in [3.8, 4) is 0 Å². The van der Waals surface area contributed by atoms with Gasteiger partial charge < -0.3 is 27.8 Å². The van der Waals surface area contributed by atoms with Crippen LogP contribution in [0.25, 0.3) is 0 Å². The predicted octanol–water partition coefficient (Wildman–Crippen LogP) is 3.78. The van der Waals surface area contributed by atoms with Crippen LogP contribution in [0.2, 0.25) is 0 Å². The van der Waals surface area contributed by atoms with Crippen LogP contribution in [0.4, 0.5) is 0 Å². The van der Waals surface area contributed by atoms with Gasteiger partial charge in [0.2, 0.25) is 23.6 Å². The largest absolute Gasteiger partial charge is 0.373 e. The molecule has 1 saturated heterocycles. The number of rotatable bonds is 12. The molecule has 17 nitrogen and oxygen atoms in total. The molecule has 0 aromatic heterocycles. The number of ketones is 3. The minimum absolute atomic E-state index is 0.0193. The molecule has 17 heteroatoms. The van der Waals surface area contributed by atoms with Gasteiger partial charge in [-0.15, -0.1) is 0 Å². The number of hydrogen-bond acceptors (Lipinski definition) is 14. The summed E-state index contributed by atoms with van der Waals surface area (Å²) >= 11 is 0. The number of amides is 4. The number of hydrogen-bond donors (Lipinski definition) is 5. The molecular formula is C45H82N6O11. The smallest absolute Gasteiger partial charge is 0.345 e. The van der Waals surface area contributed by atoms with E-state index in [0.29, 0.717) is 6.42 Å². The van der Waals surface area contributed by atoms with Gasteiger partial charge in [-0.05, 0) is 22.7 Å². The zero-order valence-corrected chi connectivity index (χ0v) is 41.3. The van der Waals surface area contributed by atoms with Crippen LogP contribution in [-0.4, -0.2) is 95.9 Å². The Morgan fingerprint density at radius 1 is 0.629 bits per heavy atom. The molecular weight excluding hydrogens is 801 g/mol. The van der Waals surface area contributed by atoms with Gasteiger partial charge in [0.05, 0.1) is 5.92 Å². The lowest BCUT2D eigenvalue weighted by molar-refractivity contribution is -0.193. The first kappa shape index (κ1) is 64.4. The first-order valence-electron chi connectivity index (χ1n) is 20.8. The molecule has 1 aliphatic rings. The van der Waals surface area contributed by atoms with Crippen LogP contribution in [-0.2, 0) is 52.7 Å². The van der Waals surface area contributed by atoms with E-state index in [0.717, 1.165) is 11.3 Å². The van der Waals surface area contributed by atoms with Crippen molar-refractivity contribution in [3.05, 3.63) is 0 Å². The van der Waals surface area contributed by atoms with E-state index in [1.165, 1.54) is 0 Å². The first-order valence-corrected chi connectivity index (χ1v) is 20.8. The molecule has 0 spiro atoms. The molecule has 0 aromatic rings. The van der Waals surface area contributed by atoms with E-state index < -0.39 is 34.4 Å². The average Bonchev–Trinajstić information content (AvgIpc) is 3.40. The highest BCUT2D eigenvalue weighted by molar-refractivity contribution is 6.08. The maximum Gasteiger partial charge on any atom is 0.373 e. The van der Waals surface area contributed by atoms with Gasteiger partial charge in [0.25, 0.3) is 0 Å². The van der Waals surface area contributed by atoms with E-state index in [4.69, 9.17) is 36.4 Å². The quantitative estimate of drug-likeness (QED) is 0.174. The van der Waals surface area contributed by atoms with Crippen molar-refractivity contribution in [1.82, 2.24) is 15.5 Å². The molecule has 5 atom stereocenters. The Balaban J connectivity index is -0.000000382. The summed E-state index contributed by atoms with van der Waals surface area (Å²) in [5.74, 6) is -1.53. The van der Waals surface area contributed by atoms with Gasteiger partial charge in [0, 0.05) is 54.6 Å². The maximum atomic E-state index is 12.5. The van der Waals surface area contributed by atoms with E-state index in [2.05, 4.69) is 31.4 Å². The normalized spacial score (nSPS) is 16.2. The summed E-state index contributed by atoms with van der Waals surface area (Å²) in [6, 6.07) is -2.01. The fourth-order valence-electron chi connectivity index (χ4n) is 5.44. The molecule has 0 bridgehead atoms. The third kappa shape index (κ3) is 25.0. The summed E-state index contributed by atoms with van der Waals surface area (Å²) in [6.07, 6.45) is 1.88. The summed E-state index contributed by atoms with van der Waals surface area (Å²) in [4.78, 5) is 119. The lowest BCUT2D eigenvalue weighted by Crippen LogP contribution is -2.53. The second-order valence-corrected chi connectivity index (χ2v) is 21.8. The summed E-state index contributed by atoms with van der Waals surface area (Å²) in [5, 5.41) is 5.50. The minimum Gasteiger partial charge on any atom is -0.345 e. The van der Waals surface area contributed by atoms with Crippen LogP contribution in [0.5, 0.6) is 0 Å². The molecule has 0 aliphatic carbocycles. The Labute approximate surface area is 370 Å². The molecule has 62 heavy (non-hydrogen) atoms. The average molecular weight is 883 g/mol. The molecule has 0 saturated carbocycles. The molecule has 1 fully saturated rings. The van der Waals surface area contributed by atoms with Crippen molar-refractivity contribution in [2.45, 2.75) is 169 Å². The fraction of sp³-hybridized carbons (Fsp3) is 0.800. The molecule has 0 aromatic carbocycles. The standard InChI is InChI=1S/C15H26N2O3.2C14H28N2O2.2CO2/c1-14(2,3)9-7-11(18)17(13(9)20)10(8-16)12(19)15(4,5)6;1-9(13(2,3)4)12(18)16-10(8-15)11(17)14(5,6)7;1-13(2,3)8-7-11(17)16-10(9-15)12(18)14(4,5)6;2*2-1-3/h9-10H,7-8,16H2,1-6H3;9-10H,8,15H2,1-7H3,(H,16,18);10H,7-9,15H2,1-6H3,(H,16,17);;/t2*9?,10-;10-;;/m000../s1. The first-order chi connectivity index (χ1) is 27.6. The van der Waals surface area contributed by atoms with Gasteiger partial charge in [0.15, 0.2) is 17.3 Å². The molecule has 4 amide bonds. The van der Waals surface area contributed by atoms with Crippen molar-refractivity contribution in [2.24, 2.45) is 61.5 Å². The van der Waals surface area contributed by atoms with Crippen molar-refractivity contribution < 1.29 is 52.7 Å². The predicted molar refractivity (Wildman–Crippen MR) is 235 cm³/mol. The van der Waals surface area contributed by atoms with Crippen molar-refractivity contribution in [2.75, 3.05) is 19.6 Å². The van der Waals surface area contributed by atoms with Gasteiger partial charge in [-0.25, -0.2) is 0 Å². The van der Waals surface area contributed by atoms with Crippen molar-refractivity contribution in [3.63, 3.8) is 0 Å². The molecule has 1 rings (SSSR count). The second-order valence-electron chi connectivity index (χ2n) is 21.8. The number of likely N-dealkylation sites (tertiary alicyclic amines) is 1. The molecule has 358 valence electrons. The Hall–Kier alpha value is -4.27. The Morgan fingerprint density at radius 2 is 0.984 bits per heavy atom. The van der Waals surface area contributed by atoms with Crippen molar-refractivity contribution in [1.29, 1.82) is 0 Å². The third-order valence-corrected chi connectivity index (χ3v) is 9.83. The highest BCUT2D eigenvalue weighted by Crippen LogP contribution is 2.37. The van der Waals surface area contributed by atoms with E-state index in [9.17, 15) is 33.6 Å². The van der Waals surface area contributed by atoms with Gasteiger partial charge in [-0.3, -0.25) is 38.5 Å².